The molecule has 0 fully saturated rings. The summed E-state index contributed by atoms with van der Waals surface area (Å²) in [5, 5.41) is 7.74. The molecule has 0 spiro atoms. The molecule has 8 heteroatoms. The molecule has 1 aliphatic rings. The lowest BCUT2D eigenvalue weighted by molar-refractivity contribution is 0.649. The van der Waals surface area contributed by atoms with Gasteiger partial charge >= 0.3 is 0 Å². The Morgan fingerprint density at radius 3 is 2.96 bits per heavy atom. The van der Waals surface area contributed by atoms with Crippen molar-refractivity contribution in [1.29, 1.82) is 0 Å². The van der Waals surface area contributed by atoms with Crippen LogP contribution < -0.4 is 5.32 Å². The Morgan fingerprint density at radius 1 is 1.35 bits per heavy atom. The molecule has 0 amide bonds. The maximum Gasteiger partial charge on any atom is 0.165 e. The number of rotatable bonds is 2. The first-order valence-corrected chi connectivity index (χ1v) is 7.88. The van der Waals surface area contributed by atoms with Crippen LogP contribution in [0, 0.1) is 6.92 Å². The van der Waals surface area contributed by atoms with Crippen LogP contribution in [0.25, 0.3) is 17.1 Å². The van der Waals surface area contributed by atoms with Crippen molar-refractivity contribution in [3.63, 3.8) is 0 Å². The van der Waals surface area contributed by atoms with Gasteiger partial charge in [0.05, 0.1) is 36.5 Å². The molecular weight excluding hydrogens is 380 g/mol. The summed E-state index contributed by atoms with van der Waals surface area (Å²) < 4.78 is 5.12. The lowest BCUT2D eigenvalue weighted by atomic mass is 10.1. The Hall–Kier alpha value is -1.70. The molecule has 0 radical (unpaired) electrons. The molecule has 3 aromatic rings. The molecule has 3 heterocycles. The fourth-order valence-electron chi connectivity index (χ4n) is 2.83. The Labute approximate surface area is 148 Å². The zero-order chi connectivity index (χ0) is 15.3. The second-order valence-corrected chi connectivity index (χ2v) is 6.26. The summed E-state index contributed by atoms with van der Waals surface area (Å²) in [4.78, 5) is 9.16. The number of halogens is 2. The van der Waals surface area contributed by atoms with Gasteiger partial charge in [0.25, 0.3) is 0 Å². The maximum absolute atomic E-state index is 4.71. The SMILES string of the molecule is CNCc1nc2n(n1)Cc1c(C)ncn1-c1ccc(Br)cc1-2.Cl. The van der Waals surface area contributed by atoms with Gasteiger partial charge in [-0.25, -0.2) is 14.6 Å². The van der Waals surface area contributed by atoms with E-state index in [1.807, 2.05) is 31.0 Å². The fraction of sp³-hybridized carbons (Fsp3) is 0.267. The molecule has 0 aliphatic carbocycles. The third-order valence-electron chi connectivity index (χ3n) is 3.88. The smallest absolute Gasteiger partial charge is 0.165 e. The average molecular weight is 396 g/mol. The topological polar surface area (TPSA) is 60.6 Å². The van der Waals surface area contributed by atoms with Crippen molar-refractivity contribution in [3.05, 3.63) is 46.2 Å². The number of aromatic nitrogens is 5. The first kappa shape index (κ1) is 16.2. The minimum Gasteiger partial charge on any atom is -0.313 e. The first-order chi connectivity index (χ1) is 10.7. The zero-order valence-corrected chi connectivity index (χ0v) is 15.1. The molecule has 0 bridgehead atoms. The molecule has 23 heavy (non-hydrogen) atoms. The van der Waals surface area contributed by atoms with Crippen LogP contribution in [0.2, 0.25) is 0 Å². The predicted molar refractivity (Wildman–Crippen MR) is 94.1 cm³/mol. The lowest BCUT2D eigenvalue weighted by Gasteiger charge is -2.08. The van der Waals surface area contributed by atoms with Crippen molar-refractivity contribution in [2.24, 2.45) is 0 Å². The summed E-state index contributed by atoms with van der Waals surface area (Å²) in [7, 11) is 1.90. The minimum atomic E-state index is 0. The van der Waals surface area contributed by atoms with E-state index in [4.69, 9.17) is 4.98 Å². The molecule has 6 nitrogen and oxygen atoms in total. The molecule has 0 atom stereocenters. The van der Waals surface area contributed by atoms with Crippen molar-refractivity contribution >= 4 is 28.3 Å². The highest BCUT2D eigenvalue weighted by atomic mass is 79.9. The number of imidazole rings is 1. The van der Waals surface area contributed by atoms with Crippen molar-refractivity contribution in [3.8, 4) is 17.1 Å². The van der Waals surface area contributed by atoms with Gasteiger partial charge in [0.15, 0.2) is 11.6 Å². The molecule has 2 aromatic heterocycles. The van der Waals surface area contributed by atoms with E-state index in [9.17, 15) is 0 Å². The molecule has 120 valence electrons. The quantitative estimate of drug-likeness (QED) is 0.567. The normalized spacial score (nSPS) is 12.0. The minimum absolute atomic E-state index is 0. The van der Waals surface area contributed by atoms with Crippen LogP contribution in [0.3, 0.4) is 0 Å². The van der Waals surface area contributed by atoms with Crippen LogP contribution in [0.1, 0.15) is 17.2 Å². The molecule has 1 aliphatic heterocycles. The van der Waals surface area contributed by atoms with E-state index in [2.05, 4.69) is 48.0 Å². The zero-order valence-electron chi connectivity index (χ0n) is 12.7. The van der Waals surface area contributed by atoms with Crippen LogP contribution >= 0.6 is 28.3 Å². The molecule has 4 rings (SSSR count). The Kier molecular flexibility index (Phi) is 4.27. The first-order valence-electron chi connectivity index (χ1n) is 7.09. The highest BCUT2D eigenvalue weighted by molar-refractivity contribution is 9.10. The second kappa shape index (κ2) is 6.07. The number of benzene rings is 1. The Morgan fingerprint density at radius 2 is 2.17 bits per heavy atom. The lowest BCUT2D eigenvalue weighted by Crippen LogP contribution is -2.09. The summed E-state index contributed by atoms with van der Waals surface area (Å²) in [6.07, 6.45) is 1.87. The molecular formula is C15H16BrClN6. The standard InChI is InChI=1S/C15H15BrN6.ClH/c1-9-13-7-22-15(19-14(20-22)6-17-2)11-5-10(16)3-4-12(11)21(13)8-18-9;/h3-5,8,17H,6-7H2,1-2H3;1H. The highest BCUT2D eigenvalue weighted by Crippen LogP contribution is 2.33. The van der Waals surface area contributed by atoms with E-state index < -0.39 is 0 Å². The van der Waals surface area contributed by atoms with Gasteiger partial charge in [-0.15, -0.1) is 12.4 Å². The van der Waals surface area contributed by atoms with E-state index in [-0.39, 0.29) is 12.4 Å². The van der Waals surface area contributed by atoms with Crippen molar-refractivity contribution < 1.29 is 0 Å². The number of nitrogens with one attached hydrogen (secondary N) is 1. The van der Waals surface area contributed by atoms with Crippen molar-refractivity contribution in [1.82, 2.24) is 29.6 Å². The number of hydrogen-bond donors (Lipinski definition) is 1. The van der Waals surface area contributed by atoms with E-state index >= 15 is 0 Å². The van der Waals surface area contributed by atoms with Gasteiger partial charge in [0.2, 0.25) is 0 Å². The highest BCUT2D eigenvalue weighted by Gasteiger charge is 2.23. The van der Waals surface area contributed by atoms with E-state index in [1.54, 1.807) is 0 Å². The second-order valence-electron chi connectivity index (χ2n) is 5.35. The summed E-state index contributed by atoms with van der Waals surface area (Å²) in [5.41, 5.74) is 4.30. The van der Waals surface area contributed by atoms with E-state index in [1.165, 1.54) is 0 Å². The molecule has 1 aromatic carbocycles. The third-order valence-corrected chi connectivity index (χ3v) is 4.38. The third kappa shape index (κ3) is 2.58. The van der Waals surface area contributed by atoms with Gasteiger partial charge in [-0.05, 0) is 32.2 Å². The molecule has 1 N–H and O–H groups in total. The van der Waals surface area contributed by atoms with Gasteiger partial charge < -0.3 is 9.88 Å². The maximum atomic E-state index is 4.71. The Balaban J connectivity index is 0.00000156. The summed E-state index contributed by atoms with van der Waals surface area (Å²) >= 11 is 3.56. The molecule has 0 saturated carbocycles. The monoisotopic (exact) mass is 394 g/mol. The average Bonchev–Trinajstić information content (AvgIpc) is 3.02. The summed E-state index contributed by atoms with van der Waals surface area (Å²) in [6.45, 7) is 3.35. The largest absolute Gasteiger partial charge is 0.313 e. The number of nitrogens with zero attached hydrogens (tertiary/aromatic N) is 5. The number of aryl methyl sites for hydroxylation is 1. The van der Waals surface area contributed by atoms with E-state index in [0.29, 0.717) is 13.1 Å². The van der Waals surface area contributed by atoms with Gasteiger partial charge in [0.1, 0.15) is 0 Å². The Bertz CT molecular complexity index is 869. The van der Waals surface area contributed by atoms with Crippen molar-refractivity contribution in [2.45, 2.75) is 20.0 Å². The van der Waals surface area contributed by atoms with Gasteiger partial charge in [-0.3, -0.25) is 0 Å². The van der Waals surface area contributed by atoms with Crippen LogP contribution in [0.5, 0.6) is 0 Å². The van der Waals surface area contributed by atoms with Crippen LogP contribution in [-0.2, 0) is 13.1 Å². The predicted octanol–water partition coefficient (Wildman–Crippen LogP) is 2.70. The number of hydrogen-bond acceptors (Lipinski definition) is 4. The van der Waals surface area contributed by atoms with Crippen LogP contribution in [0.4, 0.5) is 0 Å². The van der Waals surface area contributed by atoms with E-state index in [0.717, 1.165) is 38.8 Å². The van der Waals surface area contributed by atoms with Gasteiger partial charge in [-0.2, -0.15) is 5.10 Å². The van der Waals surface area contributed by atoms with Crippen LogP contribution in [-0.4, -0.2) is 31.4 Å². The number of fused-ring (bicyclic) bond motifs is 5. The fourth-order valence-corrected chi connectivity index (χ4v) is 3.19. The molecule has 0 unspecified atom stereocenters. The van der Waals surface area contributed by atoms with Gasteiger partial charge in [0, 0.05) is 10.0 Å². The van der Waals surface area contributed by atoms with Crippen molar-refractivity contribution in [2.75, 3.05) is 7.05 Å². The summed E-state index contributed by atoms with van der Waals surface area (Å²) in [5.74, 6) is 1.69. The molecule has 0 saturated heterocycles. The summed E-state index contributed by atoms with van der Waals surface area (Å²) in [6, 6.07) is 6.22. The van der Waals surface area contributed by atoms with Crippen LogP contribution in [0.15, 0.2) is 29.0 Å². The van der Waals surface area contributed by atoms with Gasteiger partial charge in [-0.1, -0.05) is 15.9 Å².